The van der Waals surface area contributed by atoms with E-state index in [9.17, 15) is 14.3 Å². The molecule has 0 aliphatic carbocycles. The van der Waals surface area contributed by atoms with E-state index in [0.717, 1.165) is 11.6 Å². The van der Waals surface area contributed by atoms with Crippen molar-refractivity contribution in [3.63, 3.8) is 0 Å². The quantitative estimate of drug-likeness (QED) is 0.451. The van der Waals surface area contributed by atoms with Crippen LogP contribution in [0.5, 0.6) is 5.75 Å². The van der Waals surface area contributed by atoms with E-state index in [2.05, 4.69) is 15.0 Å². The van der Waals surface area contributed by atoms with Crippen LogP contribution in [0.25, 0.3) is 28.0 Å². The fraction of sp³-hybridized carbons (Fsp3) is 0.280. The van der Waals surface area contributed by atoms with Crippen molar-refractivity contribution in [2.75, 3.05) is 0 Å². The SMILES string of the molecule is Cc1nccc(C(C)C)c1-n1c(=O)nc(C(C)C)c2cc(F)c(-c3c(O)cccc3F)nc21. The third-order valence-corrected chi connectivity index (χ3v) is 5.61. The molecular weight excluding hydrogens is 426 g/mol. The molecule has 3 aromatic heterocycles. The number of phenolic OH excluding ortho intramolecular Hbond substituents is 1. The molecule has 33 heavy (non-hydrogen) atoms. The highest BCUT2D eigenvalue weighted by atomic mass is 19.1. The minimum absolute atomic E-state index is 0.0453. The summed E-state index contributed by atoms with van der Waals surface area (Å²) >= 11 is 0. The topological polar surface area (TPSA) is 80.9 Å². The number of hydrogen-bond acceptors (Lipinski definition) is 5. The van der Waals surface area contributed by atoms with Gasteiger partial charge in [-0.15, -0.1) is 0 Å². The van der Waals surface area contributed by atoms with Gasteiger partial charge in [0.05, 0.1) is 22.6 Å². The minimum atomic E-state index is -0.830. The Balaban J connectivity index is 2.22. The number of fused-ring (bicyclic) bond motifs is 1. The van der Waals surface area contributed by atoms with Crippen LogP contribution in [0.15, 0.2) is 41.3 Å². The summed E-state index contributed by atoms with van der Waals surface area (Å²) in [4.78, 5) is 26.3. The number of phenols is 1. The van der Waals surface area contributed by atoms with E-state index in [1.165, 1.54) is 22.8 Å². The number of aromatic hydroxyl groups is 1. The maximum absolute atomic E-state index is 15.3. The summed E-state index contributed by atoms with van der Waals surface area (Å²) in [7, 11) is 0. The molecule has 0 atom stereocenters. The summed E-state index contributed by atoms with van der Waals surface area (Å²) in [5.74, 6) is -2.25. The van der Waals surface area contributed by atoms with Gasteiger partial charge in [0.2, 0.25) is 0 Å². The Bertz CT molecular complexity index is 1420. The van der Waals surface area contributed by atoms with Crippen molar-refractivity contribution in [1.82, 2.24) is 19.5 Å². The first-order valence-corrected chi connectivity index (χ1v) is 10.7. The van der Waals surface area contributed by atoms with Gasteiger partial charge >= 0.3 is 5.69 Å². The van der Waals surface area contributed by atoms with Crippen LogP contribution < -0.4 is 5.69 Å². The molecule has 0 amide bonds. The van der Waals surface area contributed by atoms with Crippen molar-refractivity contribution < 1.29 is 13.9 Å². The molecule has 4 rings (SSSR count). The first-order chi connectivity index (χ1) is 15.6. The average Bonchev–Trinajstić information content (AvgIpc) is 2.74. The van der Waals surface area contributed by atoms with Crippen LogP contribution in [0.2, 0.25) is 0 Å². The van der Waals surface area contributed by atoms with Crippen molar-refractivity contribution in [2.45, 2.75) is 46.5 Å². The lowest BCUT2D eigenvalue weighted by molar-refractivity contribution is 0.470. The predicted molar refractivity (Wildman–Crippen MR) is 123 cm³/mol. The molecule has 0 saturated carbocycles. The van der Waals surface area contributed by atoms with E-state index >= 15 is 4.39 Å². The van der Waals surface area contributed by atoms with Gasteiger partial charge in [-0.2, -0.15) is 4.98 Å². The van der Waals surface area contributed by atoms with Gasteiger partial charge in [-0.25, -0.2) is 23.1 Å². The molecule has 4 aromatic rings. The Morgan fingerprint density at radius 2 is 1.73 bits per heavy atom. The van der Waals surface area contributed by atoms with Crippen LogP contribution in [-0.4, -0.2) is 24.6 Å². The second-order valence-electron chi connectivity index (χ2n) is 8.58. The minimum Gasteiger partial charge on any atom is -0.507 e. The molecule has 0 saturated heterocycles. The monoisotopic (exact) mass is 450 g/mol. The molecule has 3 heterocycles. The second-order valence-corrected chi connectivity index (χ2v) is 8.58. The number of halogens is 2. The number of rotatable bonds is 4. The zero-order valence-electron chi connectivity index (χ0n) is 19.0. The Morgan fingerprint density at radius 1 is 1.00 bits per heavy atom. The summed E-state index contributed by atoms with van der Waals surface area (Å²) in [6.07, 6.45) is 1.66. The molecule has 6 nitrogen and oxygen atoms in total. The fourth-order valence-corrected chi connectivity index (χ4v) is 4.04. The highest BCUT2D eigenvalue weighted by Gasteiger charge is 2.24. The highest BCUT2D eigenvalue weighted by molar-refractivity contribution is 5.84. The first-order valence-electron chi connectivity index (χ1n) is 10.7. The fourth-order valence-electron chi connectivity index (χ4n) is 4.04. The Morgan fingerprint density at radius 3 is 2.36 bits per heavy atom. The molecule has 0 bridgehead atoms. The summed E-state index contributed by atoms with van der Waals surface area (Å²) in [6, 6.07) is 6.70. The van der Waals surface area contributed by atoms with Crippen LogP contribution >= 0.6 is 0 Å². The number of hydrogen-bond donors (Lipinski definition) is 1. The van der Waals surface area contributed by atoms with Crippen LogP contribution in [0.1, 0.15) is 56.5 Å². The molecule has 0 unspecified atom stereocenters. The molecule has 0 spiro atoms. The number of pyridine rings is 2. The summed E-state index contributed by atoms with van der Waals surface area (Å²) in [5.41, 5.74) is 1.08. The van der Waals surface area contributed by atoms with Gasteiger partial charge in [-0.3, -0.25) is 4.98 Å². The lowest BCUT2D eigenvalue weighted by Gasteiger charge is -2.20. The molecule has 8 heteroatoms. The number of aromatic nitrogens is 4. The van der Waals surface area contributed by atoms with E-state index in [1.807, 2.05) is 33.8 Å². The highest BCUT2D eigenvalue weighted by Crippen LogP contribution is 2.35. The smallest absolute Gasteiger partial charge is 0.354 e. The summed E-state index contributed by atoms with van der Waals surface area (Å²) < 4.78 is 31.2. The summed E-state index contributed by atoms with van der Waals surface area (Å²) in [6.45, 7) is 9.42. The van der Waals surface area contributed by atoms with Crippen molar-refractivity contribution in [3.8, 4) is 22.7 Å². The van der Waals surface area contributed by atoms with Crippen LogP contribution in [0, 0.1) is 18.6 Å². The molecule has 0 fully saturated rings. The molecule has 0 radical (unpaired) electrons. The van der Waals surface area contributed by atoms with Gasteiger partial charge in [0.25, 0.3) is 0 Å². The lowest BCUT2D eigenvalue weighted by Crippen LogP contribution is -2.27. The third kappa shape index (κ3) is 3.75. The van der Waals surface area contributed by atoms with Gasteiger partial charge in [0.1, 0.15) is 17.3 Å². The van der Waals surface area contributed by atoms with Gasteiger partial charge < -0.3 is 5.11 Å². The molecule has 170 valence electrons. The van der Waals surface area contributed by atoms with Crippen LogP contribution in [-0.2, 0) is 0 Å². The maximum atomic E-state index is 15.3. The van der Waals surface area contributed by atoms with Gasteiger partial charge in [-0.05, 0) is 48.6 Å². The van der Waals surface area contributed by atoms with Crippen molar-refractivity contribution in [3.05, 3.63) is 75.6 Å². The standard InChI is InChI=1S/C25H24F2N4O2/c1-12(2)15-9-10-28-14(5)23(15)31-24-16(21(13(3)4)30-25(31)33)11-18(27)22(29-24)20-17(26)7-6-8-19(20)32/h6-13,32H,1-5H3. The van der Waals surface area contributed by atoms with E-state index in [4.69, 9.17) is 0 Å². The van der Waals surface area contributed by atoms with Gasteiger partial charge in [-0.1, -0.05) is 33.8 Å². The van der Waals surface area contributed by atoms with E-state index < -0.39 is 23.1 Å². The third-order valence-electron chi connectivity index (χ3n) is 5.61. The lowest BCUT2D eigenvalue weighted by atomic mass is 10.00. The second kappa shape index (κ2) is 8.35. The Kier molecular flexibility index (Phi) is 5.69. The van der Waals surface area contributed by atoms with Gasteiger partial charge in [0, 0.05) is 11.6 Å². The zero-order chi connectivity index (χ0) is 24.0. The van der Waals surface area contributed by atoms with Crippen molar-refractivity contribution >= 4 is 11.0 Å². The molecule has 1 aromatic carbocycles. The maximum Gasteiger partial charge on any atom is 0.354 e. The van der Waals surface area contributed by atoms with Crippen LogP contribution in [0.4, 0.5) is 8.78 Å². The Hall–Kier alpha value is -3.68. The van der Waals surface area contributed by atoms with E-state index in [0.29, 0.717) is 22.5 Å². The molecule has 1 N–H and O–H groups in total. The van der Waals surface area contributed by atoms with Crippen molar-refractivity contribution in [2.24, 2.45) is 0 Å². The number of nitrogens with zero attached hydrogens (tertiary/aromatic N) is 4. The summed E-state index contributed by atoms with van der Waals surface area (Å²) in [5, 5.41) is 10.6. The van der Waals surface area contributed by atoms with Crippen molar-refractivity contribution in [1.29, 1.82) is 0 Å². The zero-order valence-corrected chi connectivity index (χ0v) is 19.0. The largest absolute Gasteiger partial charge is 0.507 e. The first kappa shape index (κ1) is 22.5. The average molecular weight is 450 g/mol. The number of benzene rings is 1. The van der Waals surface area contributed by atoms with Gasteiger partial charge in [0.15, 0.2) is 11.5 Å². The number of aryl methyl sites for hydroxylation is 1. The molecular formula is C25H24F2N4O2. The van der Waals surface area contributed by atoms with E-state index in [1.54, 1.807) is 13.1 Å². The molecule has 0 aliphatic heterocycles. The van der Waals surface area contributed by atoms with E-state index in [-0.39, 0.29) is 28.7 Å². The predicted octanol–water partition coefficient (Wildman–Crippen LogP) is 5.38. The Labute approximate surface area is 189 Å². The molecule has 0 aliphatic rings. The van der Waals surface area contributed by atoms with Crippen LogP contribution in [0.3, 0.4) is 0 Å². The normalized spacial score (nSPS) is 11.7.